The number of nitrogens with zero attached hydrogens (tertiary/aromatic N) is 1. The van der Waals surface area contributed by atoms with Gasteiger partial charge in [0.2, 0.25) is 0 Å². The SMILES string of the molecule is O=C(NO[C@H]1CC=C[C@H]1N1C(=O)c2ccccc2C1=O)OCc1ccccc1. The summed E-state index contributed by atoms with van der Waals surface area (Å²) in [5.74, 6) is -0.727. The summed E-state index contributed by atoms with van der Waals surface area (Å²) >= 11 is 0. The third-order valence-corrected chi connectivity index (χ3v) is 4.71. The molecule has 2 aromatic carbocycles. The zero-order valence-electron chi connectivity index (χ0n) is 14.9. The Morgan fingerprint density at radius 2 is 1.64 bits per heavy atom. The molecule has 1 aliphatic heterocycles. The van der Waals surface area contributed by atoms with E-state index in [1.165, 1.54) is 4.90 Å². The minimum atomic E-state index is -0.739. The molecule has 7 nitrogen and oxygen atoms in total. The summed E-state index contributed by atoms with van der Waals surface area (Å²) in [5.41, 5.74) is 3.85. The monoisotopic (exact) mass is 378 g/mol. The van der Waals surface area contributed by atoms with E-state index in [2.05, 4.69) is 5.48 Å². The van der Waals surface area contributed by atoms with Crippen LogP contribution in [-0.4, -0.2) is 35.0 Å². The van der Waals surface area contributed by atoms with Crippen LogP contribution in [0, 0.1) is 0 Å². The quantitative estimate of drug-likeness (QED) is 0.491. The minimum absolute atomic E-state index is 0.112. The fraction of sp³-hybridized carbons (Fsp3) is 0.190. The topological polar surface area (TPSA) is 84.9 Å². The van der Waals surface area contributed by atoms with Crippen molar-refractivity contribution in [3.05, 3.63) is 83.4 Å². The van der Waals surface area contributed by atoms with Gasteiger partial charge in [0.25, 0.3) is 11.8 Å². The first kappa shape index (κ1) is 17.9. The molecular formula is C21H18N2O5. The summed E-state index contributed by atoms with van der Waals surface area (Å²) in [6, 6.07) is 15.4. The maximum Gasteiger partial charge on any atom is 0.431 e. The number of carbonyl (C=O) groups excluding carboxylic acids is 3. The van der Waals surface area contributed by atoms with Gasteiger partial charge in [0.1, 0.15) is 12.7 Å². The van der Waals surface area contributed by atoms with Gasteiger partial charge in [-0.3, -0.25) is 19.3 Å². The van der Waals surface area contributed by atoms with Crippen LogP contribution in [-0.2, 0) is 16.2 Å². The van der Waals surface area contributed by atoms with Crippen LogP contribution >= 0.6 is 0 Å². The average Bonchev–Trinajstić information content (AvgIpc) is 3.28. The van der Waals surface area contributed by atoms with Crippen LogP contribution in [0.3, 0.4) is 0 Å². The van der Waals surface area contributed by atoms with Gasteiger partial charge in [-0.15, -0.1) is 0 Å². The van der Waals surface area contributed by atoms with Crippen LogP contribution in [0.25, 0.3) is 0 Å². The summed E-state index contributed by atoms with van der Waals surface area (Å²) < 4.78 is 5.10. The van der Waals surface area contributed by atoms with Crippen molar-refractivity contribution in [1.29, 1.82) is 0 Å². The molecule has 1 N–H and O–H groups in total. The first-order valence-electron chi connectivity index (χ1n) is 8.91. The molecule has 142 valence electrons. The van der Waals surface area contributed by atoms with Crippen LogP contribution < -0.4 is 5.48 Å². The van der Waals surface area contributed by atoms with Gasteiger partial charge in [-0.25, -0.2) is 4.79 Å². The molecule has 0 bridgehead atoms. The molecular weight excluding hydrogens is 360 g/mol. The third kappa shape index (κ3) is 3.39. The Morgan fingerprint density at radius 1 is 1.00 bits per heavy atom. The van der Waals surface area contributed by atoms with Crippen molar-refractivity contribution in [2.75, 3.05) is 0 Å². The second kappa shape index (κ2) is 7.66. The Kier molecular flexibility index (Phi) is 4.90. The van der Waals surface area contributed by atoms with E-state index < -0.39 is 18.2 Å². The highest BCUT2D eigenvalue weighted by Crippen LogP contribution is 2.29. The smallest absolute Gasteiger partial charge is 0.431 e. The molecule has 0 aromatic heterocycles. The van der Waals surface area contributed by atoms with Gasteiger partial charge in [0.15, 0.2) is 0 Å². The van der Waals surface area contributed by atoms with Crippen LogP contribution in [0.5, 0.6) is 0 Å². The van der Waals surface area contributed by atoms with E-state index >= 15 is 0 Å². The number of hydrogen-bond acceptors (Lipinski definition) is 5. The Morgan fingerprint density at radius 3 is 2.32 bits per heavy atom. The number of ether oxygens (including phenoxy) is 1. The standard InChI is InChI=1S/C21H18N2O5/c24-19-15-9-4-5-10-16(15)20(25)23(19)17-11-6-12-18(17)28-22-21(26)27-13-14-7-2-1-3-8-14/h1-11,17-18H,12-13H2,(H,22,26)/t17-,18+/m1/s1. The number of fused-ring (bicyclic) bond motifs is 1. The van der Waals surface area contributed by atoms with Crippen LogP contribution in [0.4, 0.5) is 4.79 Å². The lowest BCUT2D eigenvalue weighted by atomic mass is 10.1. The van der Waals surface area contributed by atoms with Crippen molar-refractivity contribution in [3.8, 4) is 0 Å². The lowest BCUT2D eigenvalue weighted by molar-refractivity contribution is -0.0410. The Balaban J connectivity index is 1.35. The molecule has 4 rings (SSSR count). The van der Waals surface area contributed by atoms with Crippen molar-refractivity contribution in [2.45, 2.75) is 25.2 Å². The fourth-order valence-electron chi connectivity index (χ4n) is 3.34. The van der Waals surface area contributed by atoms with E-state index in [1.807, 2.05) is 36.4 Å². The molecule has 3 amide bonds. The maximum absolute atomic E-state index is 12.6. The number of hydroxylamine groups is 1. The molecule has 2 aliphatic rings. The number of hydrogen-bond donors (Lipinski definition) is 1. The van der Waals surface area contributed by atoms with Crippen LogP contribution in [0.15, 0.2) is 66.7 Å². The van der Waals surface area contributed by atoms with Gasteiger partial charge in [0, 0.05) is 0 Å². The second-order valence-corrected chi connectivity index (χ2v) is 6.50. The molecule has 2 aromatic rings. The number of carbonyl (C=O) groups is 3. The van der Waals surface area contributed by atoms with Crippen molar-refractivity contribution >= 4 is 17.9 Å². The van der Waals surface area contributed by atoms with Crippen molar-refractivity contribution in [3.63, 3.8) is 0 Å². The van der Waals surface area contributed by atoms with Gasteiger partial charge < -0.3 is 4.74 Å². The lowest BCUT2D eigenvalue weighted by Crippen LogP contribution is -2.47. The van der Waals surface area contributed by atoms with E-state index in [4.69, 9.17) is 9.57 Å². The molecule has 0 spiro atoms. The summed E-state index contributed by atoms with van der Waals surface area (Å²) in [4.78, 5) is 43.8. The number of nitrogens with one attached hydrogen (secondary N) is 1. The number of rotatable bonds is 5. The number of imide groups is 1. The Hall–Kier alpha value is -3.45. The summed E-state index contributed by atoms with van der Waals surface area (Å²) in [6.07, 6.45) is 2.69. The highest BCUT2D eigenvalue weighted by molar-refractivity contribution is 6.21. The number of benzene rings is 2. The van der Waals surface area contributed by atoms with Crippen molar-refractivity contribution in [1.82, 2.24) is 10.4 Å². The fourth-order valence-corrected chi connectivity index (χ4v) is 3.34. The number of amides is 3. The molecule has 1 aliphatic carbocycles. The van der Waals surface area contributed by atoms with Gasteiger partial charge in [0.05, 0.1) is 17.2 Å². The summed E-state index contributed by atoms with van der Waals surface area (Å²) in [5, 5.41) is 0. The first-order chi connectivity index (χ1) is 13.6. The maximum atomic E-state index is 12.6. The normalized spacial score (nSPS) is 20.4. The molecule has 1 heterocycles. The highest BCUT2D eigenvalue weighted by Gasteiger charge is 2.43. The van der Waals surface area contributed by atoms with Crippen LogP contribution in [0.2, 0.25) is 0 Å². The van der Waals surface area contributed by atoms with Crippen molar-refractivity contribution < 1.29 is 24.0 Å². The summed E-state index contributed by atoms with van der Waals surface area (Å²) in [7, 11) is 0. The predicted octanol–water partition coefficient (Wildman–Crippen LogP) is 2.84. The van der Waals surface area contributed by atoms with E-state index in [-0.39, 0.29) is 18.4 Å². The van der Waals surface area contributed by atoms with E-state index in [9.17, 15) is 14.4 Å². The van der Waals surface area contributed by atoms with Gasteiger partial charge in [-0.2, -0.15) is 5.48 Å². The van der Waals surface area contributed by atoms with E-state index in [0.717, 1.165) is 5.56 Å². The van der Waals surface area contributed by atoms with Gasteiger partial charge in [-0.1, -0.05) is 54.6 Å². The Labute approximate surface area is 161 Å². The zero-order chi connectivity index (χ0) is 19.5. The predicted molar refractivity (Wildman–Crippen MR) is 99.1 cm³/mol. The molecule has 0 fully saturated rings. The van der Waals surface area contributed by atoms with E-state index in [0.29, 0.717) is 17.5 Å². The molecule has 0 saturated carbocycles. The van der Waals surface area contributed by atoms with Gasteiger partial charge >= 0.3 is 6.09 Å². The van der Waals surface area contributed by atoms with Gasteiger partial charge in [-0.05, 0) is 24.1 Å². The van der Waals surface area contributed by atoms with E-state index in [1.54, 1.807) is 30.3 Å². The molecule has 7 heteroatoms. The highest BCUT2D eigenvalue weighted by atomic mass is 16.7. The molecule has 0 saturated heterocycles. The molecule has 28 heavy (non-hydrogen) atoms. The third-order valence-electron chi connectivity index (χ3n) is 4.71. The largest absolute Gasteiger partial charge is 0.443 e. The average molecular weight is 378 g/mol. The molecule has 0 unspecified atom stereocenters. The zero-order valence-corrected chi connectivity index (χ0v) is 14.9. The van der Waals surface area contributed by atoms with Crippen LogP contribution in [0.1, 0.15) is 32.7 Å². The molecule has 2 atom stereocenters. The van der Waals surface area contributed by atoms with Crippen molar-refractivity contribution in [2.24, 2.45) is 0 Å². The summed E-state index contributed by atoms with van der Waals surface area (Å²) in [6.45, 7) is 0.112. The molecule has 0 radical (unpaired) electrons. The lowest BCUT2D eigenvalue weighted by Gasteiger charge is -2.26. The minimum Gasteiger partial charge on any atom is -0.443 e. The second-order valence-electron chi connectivity index (χ2n) is 6.50. The Bertz CT molecular complexity index is 906. The first-order valence-corrected chi connectivity index (χ1v) is 8.91.